The minimum absolute atomic E-state index is 0.0919. The number of carbonyl (C=O) groups excluding carboxylic acids is 9. The van der Waals surface area contributed by atoms with Crippen molar-refractivity contribution in [3.05, 3.63) is 301 Å². The lowest BCUT2D eigenvalue weighted by Gasteiger charge is -2.36. The summed E-state index contributed by atoms with van der Waals surface area (Å²) in [6.45, 7) is 27.6. The Morgan fingerprint density at radius 2 is 0.739 bits per heavy atom. The Hall–Kier alpha value is -14.8. The zero-order chi connectivity index (χ0) is 101. The first-order valence-electron chi connectivity index (χ1n) is 49.5. The first-order chi connectivity index (χ1) is 68.7. The summed E-state index contributed by atoms with van der Waals surface area (Å²) in [7, 11) is 0. The fourth-order valence-corrected chi connectivity index (χ4v) is 18.3. The van der Waals surface area contributed by atoms with Crippen LogP contribution in [-0.2, 0) is 38.9 Å². The van der Waals surface area contributed by atoms with Gasteiger partial charge in [0.2, 0.25) is 5.76 Å². The molecule has 0 fully saturated rings. The summed E-state index contributed by atoms with van der Waals surface area (Å²) in [4.78, 5) is 143. The van der Waals surface area contributed by atoms with E-state index >= 15 is 0 Å². The van der Waals surface area contributed by atoms with Crippen LogP contribution in [0, 0.1) is 41.5 Å². The minimum atomic E-state index is -0.489. The summed E-state index contributed by atoms with van der Waals surface area (Å²) in [6, 6.07) is 48.0. The second kappa shape index (κ2) is 47.9. The van der Waals surface area contributed by atoms with Crippen LogP contribution in [-0.4, -0.2) is 229 Å². The van der Waals surface area contributed by atoms with E-state index in [1.807, 2.05) is 121 Å². The molecule has 3 atom stereocenters. The zero-order valence-corrected chi connectivity index (χ0v) is 83.2. The lowest BCUT2D eigenvalue weighted by atomic mass is 9.93. The van der Waals surface area contributed by atoms with Gasteiger partial charge in [-0.15, -0.1) is 0 Å². The van der Waals surface area contributed by atoms with Crippen molar-refractivity contribution in [2.24, 2.45) is 0 Å². The highest BCUT2D eigenvalue weighted by Gasteiger charge is 2.38. The number of benzene rings is 6. The van der Waals surface area contributed by atoms with Gasteiger partial charge in [-0.1, -0.05) is 153 Å². The lowest BCUT2D eigenvalue weighted by Crippen LogP contribution is -2.46. The third-order valence-electron chi connectivity index (χ3n) is 26.2. The van der Waals surface area contributed by atoms with E-state index in [2.05, 4.69) is 77.7 Å². The molecule has 0 spiro atoms. The molecule has 6 aromatic carbocycles. The number of H-pyrrole nitrogens is 1. The molecule has 3 aliphatic rings. The standard InChI is InChI=1S/C38H43N7O4.C36H44N6O5.C35H43N7O4/c1-4-6-17-43(18-7-5-2)38(49)33-21-26(3)45(41-33)34-14-13-29(40-36(47)31-15-20-42-19-10-16-39-35(31)42)23-32(34)37(48)44-24-28-12-9-8-11-27(28)22-30(44)25-46;1-6-8-16-40(17-9-7-2)36(46)31-18-23(3)42(39-31)32-15-14-28(38-34(44)33-24(4)37-25(5)47-33)20-30(32)35(45)41-21-27-13-11-10-12-26(27)19-29(41)22-43;1-5-7-15-40(16-8-6-2)35(46)31-18-24(4)42(39-31)32-14-13-27(36-33(44)30-17-23(3)37-38-30)20-29(32)34(45)41-21-26-12-10-9-11-25(26)19-28(41)22-43/h8-16,19-21,23,30,46H,4-7,17-18,22,24-25H2,1-3H3,(H,40,47);10-15,18,20,29,43H,6-9,16-17,19,21-22H2,1-5H3,(H,38,44);9-14,17-18,20,28,43H,5-8,15-16,19,21-22H2,1-4H3,(H,36,44)(H,37,38)/t30-;29-;28-/m000/s1. The fourth-order valence-electron chi connectivity index (χ4n) is 18.3. The van der Waals surface area contributed by atoms with Gasteiger partial charge in [0.15, 0.2) is 28.7 Å². The Morgan fingerprint density at radius 3 is 1.06 bits per heavy atom. The minimum Gasteiger partial charge on any atom is -0.436 e. The molecule has 13 aromatic rings. The van der Waals surface area contributed by atoms with Crippen LogP contribution in [0.3, 0.4) is 0 Å². The first kappa shape index (κ1) is 103. The summed E-state index contributed by atoms with van der Waals surface area (Å²) in [5, 5.41) is 60.7. The number of oxazole rings is 1. The average molecular weight is 1930 g/mol. The summed E-state index contributed by atoms with van der Waals surface area (Å²) in [5.74, 6) is -2.18. The Bertz CT molecular complexity index is 6670. The molecule has 33 nitrogen and oxygen atoms in total. The maximum atomic E-state index is 14.6. The quantitative estimate of drug-likeness (QED) is 0.0192. The van der Waals surface area contributed by atoms with E-state index in [0.717, 1.165) is 116 Å². The van der Waals surface area contributed by atoms with E-state index in [9.17, 15) is 58.5 Å². The summed E-state index contributed by atoms with van der Waals surface area (Å²) < 4.78 is 12.1. The smallest absolute Gasteiger partial charge is 0.293 e. The van der Waals surface area contributed by atoms with Gasteiger partial charge in [0.25, 0.3) is 53.2 Å². The molecule has 9 amide bonds. The third kappa shape index (κ3) is 23.9. The molecule has 142 heavy (non-hydrogen) atoms. The van der Waals surface area contributed by atoms with Crippen LogP contribution in [0.15, 0.2) is 187 Å². The number of fused-ring (bicyclic) bond motifs is 4. The molecule has 0 aliphatic carbocycles. The second-order valence-corrected chi connectivity index (χ2v) is 36.7. The molecular formula is C109H130N20O13. The molecule has 0 saturated heterocycles. The van der Waals surface area contributed by atoms with Crippen LogP contribution in [0.5, 0.6) is 0 Å². The van der Waals surface area contributed by atoms with Crippen molar-refractivity contribution in [2.75, 3.05) is 75.0 Å². The van der Waals surface area contributed by atoms with Gasteiger partial charge in [-0.2, -0.15) is 20.4 Å². The first-order valence-corrected chi connectivity index (χ1v) is 49.5. The molecule has 7 aromatic heterocycles. The molecule has 33 heteroatoms. The predicted octanol–water partition coefficient (Wildman–Crippen LogP) is 16.4. The predicted molar refractivity (Wildman–Crippen MR) is 543 cm³/mol. The summed E-state index contributed by atoms with van der Waals surface area (Å²) in [6.07, 6.45) is 18.1. The molecule has 3 aliphatic heterocycles. The van der Waals surface area contributed by atoms with Crippen molar-refractivity contribution in [3.8, 4) is 17.1 Å². The SMILES string of the molecule is CCCCN(CCCC)C(=O)c1cc(C)n(-c2ccc(NC(=O)c3cc(C)[nH]n3)cc2C(=O)N2Cc3ccccc3C[C@H]2CO)n1.CCCCN(CCCC)C(=O)c1cc(C)n(-c2ccc(NC(=O)c3ccn4cccnc34)cc2C(=O)N2Cc3ccccc3C[C@H]2CO)n1.CCCCN(CCCC)C(=O)c1cc(C)n(-c2ccc(NC(=O)c3oc(C)nc3C)cc2C(=O)N2Cc3ccccc3C[C@H]2CO)n1. The molecule has 10 heterocycles. The van der Waals surface area contributed by atoms with Crippen molar-refractivity contribution in [1.82, 2.24) is 83.3 Å². The average Bonchev–Trinajstić information content (AvgIpc) is 1.46. The molecule has 7 N–H and O–H groups in total. The van der Waals surface area contributed by atoms with Gasteiger partial charge in [-0.25, -0.2) is 24.0 Å². The van der Waals surface area contributed by atoms with Crippen LogP contribution in [0.25, 0.3) is 22.7 Å². The van der Waals surface area contributed by atoms with Crippen LogP contribution >= 0.6 is 0 Å². The molecular weight excluding hydrogens is 1800 g/mol. The van der Waals surface area contributed by atoms with Crippen molar-refractivity contribution < 1.29 is 62.9 Å². The van der Waals surface area contributed by atoms with E-state index in [0.29, 0.717) is 169 Å². The van der Waals surface area contributed by atoms with E-state index in [4.69, 9.17) is 19.7 Å². The monoisotopic (exact) mass is 1930 g/mol. The van der Waals surface area contributed by atoms with Crippen molar-refractivity contribution in [1.29, 1.82) is 0 Å². The van der Waals surface area contributed by atoms with Crippen LogP contribution in [0.2, 0.25) is 0 Å². The van der Waals surface area contributed by atoms with Gasteiger partial charge in [-0.3, -0.25) is 48.2 Å². The Kier molecular flexibility index (Phi) is 34.7. The number of nitrogens with zero attached hydrogens (tertiary/aromatic N) is 16. The number of rotatable bonds is 36. The van der Waals surface area contributed by atoms with E-state index < -0.39 is 29.9 Å². The van der Waals surface area contributed by atoms with Gasteiger partial charge in [0, 0.05) is 124 Å². The largest absolute Gasteiger partial charge is 0.436 e. The third-order valence-corrected chi connectivity index (χ3v) is 26.2. The van der Waals surface area contributed by atoms with Gasteiger partial charge < -0.3 is 69.5 Å². The van der Waals surface area contributed by atoms with Crippen LogP contribution < -0.4 is 16.0 Å². The number of hydrogen-bond donors (Lipinski definition) is 7. The van der Waals surface area contributed by atoms with Gasteiger partial charge in [0.1, 0.15) is 5.65 Å². The van der Waals surface area contributed by atoms with E-state index in [1.165, 1.54) is 0 Å². The fraction of sp³-hybridized carbons (Fsp3) is 0.385. The zero-order valence-electron chi connectivity index (χ0n) is 83.2. The number of aromatic amines is 1. The number of aliphatic hydroxyl groups excluding tert-OH is 3. The van der Waals surface area contributed by atoms with Crippen LogP contribution in [0.4, 0.5) is 17.1 Å². The van der Waals surface area contributed by atoms with Gasteiger partial charge >= 0.3 is 0 Å². The van der Waals surface area contributed by atoms with E-state index in [-0.39, 0.29) is 89.3 Å². The normalized spacial score (nSPS) is 14.2. The second-order valence-electron chi connectivity index (χ2n) is 36.7. The molecule has 744 valence electrons. The topological polar surface area (TPSA) is 395 Å². The van der Waals surface area contributed by atoms with E-state index in [1.54, 1.807) is 150 Å². The molecule has 16 rings (SSSR count). The summed E-state index contributed by atoms with van der Waals surface area (Å²) in [5.41, 5.74) is 15.1. The molecule has 0 unspecified atom stereocenters. The Labute approximate surface area is 827 Å². The Morgan fingerprint density at radius 1 is 0.394 bits per heavy atom. The number of unbranched alkanes of at least 4 members (excludes halogenated alkanes) is 6. The number of amides is 9. The van der Waals surface area contributed by atoms with Crippen LogP contribution in [0.1, 0.15) is 280 Å². The maximum Gasteiger partial charge on any atom is 0.293 e. The number of aliphatic hydroxyl groups is 3. The van der Waals surface area contributed by atoms with Gasteiger partial charge in [-0.05, 0) is 217 Å². The molecule has 0 bridgehead atoms. The number of hydrogen-bond acceptors (Lipinski definition) is 19. The molecule has 0 radical (unpaired) electrons. The number of nitrogens with one attached hydrogen (secondary N) is 4. The van der Waals surface area contributed by atoms with Crippen molar-refractivity contribution in [3.63, 3.8) is 0 Å². The lowest BCUT2D eigenvalue weighted by molar-refractivity contribution is 0.0539. The molecule has 0 saturated carbocycles. The van der Waals surface area contributed by atoms with Crippen molar-refractivity contribution >= 4 is 75.9 Å². The number of anilines is 3. The highest BCUT2D eigenvalue weighted by molar-refractivity contribution is 6.10. The number of carbonyl (C=O) groups is 9. The van der Waals surface area contributed by atoms with Gasteiger partial charge in [0.05, 0.1) is 83.0 Å². The highest BCUT2D eigenvalue weighted by Crippen LogP contribution is 2.36. The highest BCUT2D eigenvalue weighted by atomic mass is 16.4. The number of aromatic nitrogens is 11. The van der Waals surface area contributed by atoms with Crippen molar-refractivity contribution in [2.45, 2.75) is 217 Å². The number of aryl methyl sites for hydroxylation is 6. The summed E-state index contributed by atoms with van der Waals surface area (Å²) >= 11 is 0. The Balaban J connectivity index is 0.000000169. The maximum absolute atomic E-state index is 14.6.